The number of nitrogens with zero attached hydrogens (tertiary/aromatic N) is 2. The highest BCUT2D eigenvalue weighted by Gasteiger charge is 2.15. The van der Waals surface area contributed by atoms with E-state index in [1.807, 2.05) is 32.0 Å². The molecule has 2 aromatic heterocycles. The summed E-state index contributed by atoms with van der Waals surface area (Å²) in [4.78, 5) is 25.4. The smallest absolute Gasteiger partial charge is 0.294 e. The summed E-state index contributed by atoms with van der Waals surface area (Å²) >= 11 is 0. The Hall–Kier alpha value is -4.33. The van der Waals surface area contributed by atoms with Crippen molar-refractivity contribution in [2.45, 2.75) is 20.4 Å². The molecule has 1 amide bonds. The van der Waals surface area contributed by atoms with Crippen molar-refractivity contribution in [3.63, 3.8) is 0 Å². The van der Waals surface area contributed by atoms with E-state index in [2.05, 4.69) is 15.7 Å². The Balaban J connectivity index is 1.58. The Morgan fingerprint density at radius 3 is 2.70 bits per heavy atom. The molecular weight excluding hydrogens is 420 g/mol. The maximum Gasteiger partial charge on any atom is 0.294 e. The predicted octanol–water partition coefficient (Wildman–Crippen LogP) is 4.46. The monoisotopic (exact) mass is 444 g/mol. The second-order valence-corrected chi connectivity index (χ2v) is 7.65. The fourth-order valence-corrected chi connectivity index (χ4v) is 3.31. The lowest BCUT2D eigenvalue weighted by Crippen LogP contribution is -2.23. The van der Waals surface area contributed by atoms with Crippen molar-refractivity contribution < 1.29 is 13.9 Å². The van der Waals surface area contributed by atoms with Gasteiger partial charge in [0.2, 0.25) is 0 Å². The number of aryl methyl sites for hydroxylation is 3. The molecule has 0 aliphatic rings. The van der Waals surface area contributed by atoms with Crippen LogP contribution in [-0.2, 0) is 13.6 Å². The zero-order valence-electron chi connectivity index (χ0n) is 18.6. The van der Waals surface area contributed by atoms with Gasteiger partial charge in [0, 0.05) is 18.3 Å². The molecule has 2 heterocycles. The molecule has 8 heteroatoms. The first-order valence-corrected chi connectivity index (χ1v) is 10.4. The summed E-state index contributed by atoms with van der Waals surface area (Å²) in [5.41, 5.74) is 2.92. The molecule has 8 nitrogen and oxygen atoms in total. The Kier molecular flexibility index (Phi) is 6.26. The molecule has 0 fully saturated rings. The Bertz CT molecular complexity index is 1340. The van der Waals surface area contributed by atoms with Crippen LogP contribution in [0, 0.1) is 13.8 Å². The molecule has 4 aromatic rings. The second-order valence-electron chi connectivity index (χ2n) is 7.65. The van der Waals surface area contributed by atoms with E-state index in [-0.39, 0.29) is 29.4 Å². The first-order valence-electron chi connectivity index (χ1n) is 10.4. The van der Waals surface area contributed by atoms with Crippen molar-refractivity contribution in [2.75, 3.05) is 5.32 Å². The number of amides is 1. The predicted molar refractivity (Wildman–Crippen MR) is 125 cm³/mol. The second kappa shape index (κ2) is 9.44. The summed E-state index contributed by atoms with van der Waals surface area (Å²) < 4.78 is 12.5. The van der Waals surface area contributed by atoms with Crippen LogP contribution in [-0.4, -0.2) is 15.7 Å². The number of hydrogen-bond donors (Lipinski definition) is 2. The van der Waals surface area contributed by atoms with Gasteiger partial charge in [-0.1, -0.05) is 23.8 Å². The molecule has 0 saturated heterocycles. The maximum atomic E-state index is 12.8. The minimum absolute atomic E-state index is 0.223. The van der Waals surface area contributed by atoms with Gasteiger partial charge in [0.25, 0.3) is 11.5 Å². The zero-order chi connectivity index (χ0) is 23.4. The topological polar surface area (TPSA) is 98.4 Å². The number of carbonyl (C=O) groups is 1. The number of benzene rings is 2. The van der Waals surface area contributed by atoms with Gasteiger partial charge in [0.05, 0.1) is 19.0 Å². The first kappa shape index (κ1) is 21.9. The van der Waals surface area contributed by atoms with Crippen LogP contribution in [0.4, 0.5) is 11.4 Å². The highest BCUT2D eigenvalue weighted by atomic mass is 16.5. The van der Waals surface area contributed by atoms with Gasteiger partial charge in [0.1, 0.15) is 11.5 Å². The summed E-state index contributed by atoms with van der Waals surface area (Å²) in [7, 11) is 1.56. The van der Waals surface area contributed by atoms with Crippen molar-refractivity contribution in [2.24, 2.45) is 7.05 Å². The van der Waals surface area contributed by atoms with Crippen molar-refractivity contribution in [1.82, 2.24) is 15.1 Å². The van der Waals surface area contributed by atoms with Crippen LogP contribution in [0.3, 0.4) is 0 Å². The zero-order valence-corrected chi connectivity index (χ0v) is 18.6. The molecule has 0 bridgehead atoms. The average Bonchev–Trinajstić information content (AvgIpc) is 3.32. The highest BCUT2D eigenvalue weighted by molar-refractivity contribution is 5.95. The lowest BCUT2D eigenvalue weighted by molar-refractivity contribution is 0.0948. The van der Waals surface area contributed by atoms with Gasteiger partial charge in [-0.25, -0.2) is 4.68 Å². The van der Waals surface area contributed by atoms with E-state index in [1.165, 1.54) is 10.9 Å². The minimum atomic E-state index is -0.357. The van der Waals surface area contributed by atoms with Gasteiger partial charge < -0.3 is 19.8 Å². The lowest BCUT2D eigenvalue weighted by atomic mass is 10.1. The van der Waals surface area contributed by atoms with E-state index < -0.39 is 0 Å². The fraction of sp³-hybridized carbons (Fsp3) is 0.160. The molecule has 2 aromatic carbocycles. The summed E-state index contributed by atoms with van der Waals surface area (Å²) in [5.74, 6) is 1.32. The van der Waals surface area contributed by atoms with E-state index in [4.69, 9.17) is 9.15 Å². The van der Waals surface area contributed by atoms with E-state index in [1.54, 1.807) is 49.7 Å². The highest BCUT2D eigenvalue weighted by Crippen LogP contribution is 2.30. The fourth-order valence-electron chi connectivity index (χ4n) is 3.31. The third-order valence-corrected chi connectivity index (χ3v) is 5.05. The summed E-state index contributed by atoms with van der Waals surface area (Å²) in [5, 5.41) is 9.99. The number of nitrogens with one attached hydrogen (secondary N) is 2. The Morgan fingerprint density at radius 2 is 1.94 bits per heavy atom. The molecule has 0 atom stereocenters. The summed E-state index contributed by atoms with van der Waals surface area (Å²) in [6.07, 6.45) is 3.04. The van der Waals surface area contributed by atoms with E-state index in [0.717, 1.165) is 11.1 Å². The number of rotatable bonds is 7. The number of hydrogen-bond acceptors (Lipinski definition) is 6. The van der Waals surface area contributed by atoms with Crippen LogP contribution in [0.5, 0.6) is 11.5 Å². The summed E-state index contributed by atoms with van der Waals surface area (Å²) in [6.45, 7) is 4.22. The van der Waals surface area contributed by atoms with Crippen LogP contribution >= 0.6 is 0 Å². The van der Waals surface area contributed by atoms with Gasteiger partial charge in [0.15, 0.2) is 11.4 Å². The van der Waals surface area contributed by atoms with Crippen molar-refractivity contribution in [3.05, 3.63) is 99.9 Å². The quantitative estimate of drug-likeness (QED) is 0.437. The van der Waals surface area contributed by atoms with Crippen LogP contribution < -0.4 is 20.9 Å². The normalized spacial score (nSPS) is 10.6. The van der Waals surface area contributed by atoms with Gasteiger partial charge in [-0.2, -0.15) is 5.10 Å². The lowest BCUT2D eigenvalue weighted by Gasteiger charge is -2.15. The molecule has 0 aliphatic heterocycles. The third-order valence-electron chi connectivity index (χ3n) is 5.05. The molecule has 0 unspecified atom stereocenters. The van der Waals surface area contributed by atoms with E-state index >= 15 is 0 Å². The van der Waals surface area contributed by atoms with E-state index in [9.17, 15) is 9.59 Å². The van der Waals surface area contributed by atoms with Crippen molar-refractivity contribution in [3.8, 4) is 11.5 Å². The molecule has 0 saturated carbocycles. The average molecular weight is 444 g/mol. The number of ether oxygens (including phenoxy) is 1. The maximum absolute atomic E-state index is 12.8. The first-order chi connectivity index (χ1) is 15.9. The van der Waals surface area contributed by atoms with Gasteiger partial charge in [-0.05, 0) is 55.8 Å². The van der Waals surface area contributed by atoms with E-state index in [0.29, 0.717) is 22.8 Å². The van der Waals surface area contributed by atoms with Crippen molar-refractivity contribution >= 4 is 17.3 Å². The number of aromatic nitrogens is 2. The number of furan rings is 1. The van der Waals surface area contributed by atoms with Crippen LogP contribution in [0.25, 0.3) is 0 Å². The molecule has 0 aliphatic carbocycles. The standard InChI is InChI=1S/C25H24N4O4/c1-16-9-10-21(17(2)12-16)33-22-15-27-29(3)25(31)23(22)28-19-7-4-6-18(13-19)24(30)26-14-20-8-5-11-32-20/h4-13,15,28H,14H2,1-3H3,(H,26,30). The molecule has 33 heavy (non-hydrogen) atoms. The van der Waals surface area contributed by atoms with Gasteiger partial charge in [-0.15, -0.1) is 0 Å². The van der Waals surface area contributed by atoms with Crippen LogP contribution in [0.1, 0.15) is 27.2 Å². The number of carbonyl (C=O) groups excluding carboxylic acids is 1. The molecule has 0 spiro atoms. The van der Waals surface area contributed by atoms with Gasteiger partial charge in [-0.3, -0.25) is 9.59 Å². The largest absolute Gasteiger partial charge is 0.467 e. The summed E-state index contributed by atoms with van der Waals surface area (Å²) in [6, 6.07) is 16.2. The molecular formula is C25H24N4O4. The Morgan fingerprint density at radius 1 is 1.09 bits per heavy atom. The van der Waals surface area contributed by atoms with Crippen LogP contribution in [0.2, 0.25) is 0 Å². The molecule has 4 rings (SSSR count). The molecule has 168 valence electrons. The SMILES string of the molecule is Cc1ccc(Oc2cnn(C)c(=O)c2Nc2cccc(C(=O)NCc3ccco3)c2)c(C)c1. The van der Waals surface area contributed by atoms with Gasteiger partial charge >= 0.3 is 0 Å². The molecule has 2 N–H and O–H groups in total. The Labute approximate surface area is 190 Å². The number of anilines is 2. The van der Waals surface area contributed by atoms with Crippen molar-refractivity contribution in [1.29, 1.82) is 0 Å². The third kappa shape index (κ3) is 5.12. The van der Waals surface area contributed by atoms with Crippen LogP contribution in [0.15, 0.2) is 76.3 Å². The molecule has 0 radical (unpaired) electrons. The minimum Gasteiger partial charge on any atom is -0.467 e.